The molecule has 2 aliphatic rings. The second-order valence-electron chi connectivity index (χ2n) is 15.3. The van der Waals surface area contributed by atoms with Crippen LogP contribution < -0.4 is 0 Å². The molecule has 9 heteroatoms. The van der Waals surface area contributed by atoms with Crippen molar-refractivity contribution in [2.45, 2.75) is 122 Å². The van der Waals surface area contributed by atoms with Gasteiger partial charge in [-0.05, 0) is 72.2 Å². The first-order chi connectivity index (χ1) is 19.8. The molecule has 0 radical (unpaired) electrons. The Morgan fingerprint density at radius 2 is 1.67 bits per heavy atom. The van der Waals surface area contributed by atoms with Crippen LogP contribution in [-0.4, -0.2) is 40.4 Å². The van der Waals surface area contributed by atoms with Gasteiger partial charge in [-0.3, -0.25) is 0 Å². The van der Waals surface area contributed by atoms with Crippen LogP contribution in [0.5, 0.6) is 0 Å². The van der Waals surface area contributed by atoms with Gasteiger partial charge in [0.1, 0.15) is 24.6 Å². The van der Waals surface area contributed by atoms with Gasteiger partial charge in [-0.25, -0.2) is 4.79 Å². The minimum atomic E-state index is -2.42. The molecule has 234 valence electrons. The fourth-order valence-corrected chi connectivity index (χ4v) is 9.76. The highest BCUT2D eigenvalue weighted by Crippen LogP contribution is 2.53. The number of hydrogen-bond donors (Lipinski definition) is 0. The topological polar surface area (TPSA) is 54.0 Å². The summed E-state index contributed by atoms with van der Waals surface area (Å²) in [4.78, 5) is 16.5. The van der Waals surface area contributed by atoms with E-state index in [4.69, 9.17) is 18.3 Å². The van der Waals surface area contributed by atoms with Crippen molar-refractivity contribution in [3.05, 3.63) is 68.4 Å². The molecule has 5 nitrogen and oxygen atoms in total. The van der Waals surface area contributed by atoms with Crippen LogP contribution in [0.25, 0.3) is 10.1 Å². The maximum absolute atomic E-state index is 14.2. The van der Waals surface area contributed by atoms with E-state index < -0.39 is 34.4 Å². The third kappa shape index (κ3) is 6.22. The lowest BCUT2D eigenvalue weighted by Gasteiger charge is -2.46. The average Bonchev–Trinajstić information content (AvgIpc) is 3.59. The maximum Gasteiger partial charge on any atom is 0.342 e. The molecule has 2 bridgehead atoms. The lowest BCUT2D eigenvalue weighted by atomic mass is 9.80. The fraction of sp³-hybridized carbons (Fsp3) is 0.559. The smallest absolute Gasteiger partial charge is 0.342 e. The van der Waals surface area contributed by atoms with Gasteiger partial charge in [0.25, 0.3) is 0 Å². The van der Waals surface area contributed by atoms with Crippen molar-refractivity contribution < 1.29 is 23.1 Å². The molecule has 3 aromatic rings. The van der Waals surface area contributed by atoms with Crippen LogP contribution >= 0.6 is 22.7 Å². The Labute approximate surface area is 267 Å². The Morgan fingerprint density at radius 3 is 2.30 bits per heavy atom. The summed E-state index contributed by atoms with van der Waals surface area (Å²) in [5, 5.41) is 3.17. The molecule has 5 rings (SSSR count). The number of carbonyl (C=O) groups is 1. The van der Waals surface area contributed by atoms with E-state index in [1.807, 2.05) is 6.07 Å². The molecule has 1 aromatic carbocycles. The third-order valence-corrected chi connectivity index (χ3v) is 20.8. The molecule has 0 N–H and O–H groups in total. The summed E-state index contributed by atoms with van der Waals surface area (Å²) in [6.07, 6.45) is 0.0584. The minimum absolute atomic E-state index is 0.0237. The lowest BCUT2D eigenvalue weighted by Crippen LogP contribution is -2.56. The third-order valence-electron chi connectivity index (χ3n) is 9.95. The predicted octanol–water partition coefficient (Wildman–Crippen LogP) is 9.76. The maximum atomic E-state index is 14.2. The summed E-state index contributed by atoms with van der Waals surface area (Å²) in [5.74, 6) is 0.431. The minimum Gasteiger partial charge on any atom is -0.489 e. The molecule has 1 fully saturated rings. The van der Waals surface area contributed by atoms with Gasteiger partial charge in [-0.15, -0.1) is 22.7 Å². The summed E-state index contributed by atoms with van der Waals surface area (Å²) >= 11 is 3.44. The number of benzene rings is 1. The van der Waals surface area contributed by atoms with Crippen LogP contribution in [0.2, 0.25) is 36.3 Å². The van der Waals surface area contributed by atoms with Gasteiger partial charge < -0.3 is 18.3 Å². The zero-order chi connectivity index (χ0) is 31.6. The van der Waals surface area contributed by atoms with Gasteiger partial charge in [0.2, 0.25) is 0 Å². The summed E-state index contributed by atoms with van der Waals surface area (Å²) in [6.45, 7) is 24.8. The van der Waals surface area contributed by atoms with Gasteiger partial charge >= 0.3 is 5.97 Å². The quantitative estimate of drug-likeness (QED) is 0.170. The molecular weight excluding hydrogens is 609 g/mol. The second kappa shape index (κ2) is 11.2. The lowest BCUT2D eigenvalue weighted by molar-refractivity contribution is -0.152. The van der Waals surface area contributed by atoms with E-state index in [1.165, 1.54) is 20.5 Å². The van der Waals surface area contributed by atoms with Crippen molar-refractivity contribution in [2.24, 2.45) is 0 Å². The Hall–Kier alpha value is -1.76. The molecule has 0 unspecified atom stereocenters. The molecule has 0 spiro atoms. The number of hydrogen-bond acceptors (Lipinski definition) is 7. The fourth-order valence-electron chi connectivity index (χ4n) is 5.37. The van der Waals surface area contributed by atoms with Crippen molar-refractivity contribution in [1.82, 2.24) is 0 Å². The molecule has 3 heterocycles. The molecule has 0 saturated carbocycles. The van der Waals surface area contributed by atoms with E-state index >= 15 is 0 Å². The Balaban J connectivity index is 1.70. The van der Waals surface area contributed by atoms with E-state index in [2.05, 4.69) is 110 Å². The van der Waals surface area contributed by atoms with E-state index in [1.54, 1.807) is 22.7 Å². The molecular formula is C34H48O5S2Si2. The molecule has 43 heavy (non-hydrogen) atoms. The van der Waals surface area contributed by atoms with Crippen molar-refractivity contribution in [2.75, 3.05) is 0 Å². The monoisotopic (exact) mass is 656 g/mol. The number of thiophene rings is 2. The van der Waals surface area contributed by atoms with Crippen molar-refractivity contribution in [3.63, 3.8) is 0 Å². The Morgan fingerprint density at radius 1 is 0.977 bits per heavy atom. The number of carbonyl (C=O) groups excluding carboxylic acids is 1. The Kier molecular flexibility index (Phi) is 8.53. The van der Waals surface area contributed by atoms with Gasteiger partial charge in [0, 0.05) is 32.9 Å². The standard InChI is InChI=1S/C34H48O5S2Si2/c1-22-14-15-28-23(17-22)18-25(41-28)19-26-29(36-21-24-13-12-16-40-24)30(38-42(8,9)32(2,3)4)27-20-34(26,31(35)37-27)39-43(10,11)33(5,6)7/h12-18,27,30H,19-21H2,1-11H3/t27-,30+,34-/m1/s1. The number of aryl methyl sites for hydroxylation is 1. The molecule has 2 aromatic heterocycles. The van der Waals surface area contributed by atoms with Gasteiger partial charge in [0.05, 0.1) is 0 Å². The second-order valence-corrected chi connectivity index (χ2v) is 27.0. The van der Waals surface area contributed by atoms with Crippen molar-refractivity contribution in [3.8, 4) is 0 Å². The van der Waals surface area contributed by atoms with E-state index in [9.17, 15) is 4.79 Å². The van der Waals surface area contributed by atoms with Crippen LogP contribution in [0.3, 0.4) is 0 Å². The number of rotatable bonds is 9. The molecule has 0 amide bonds. The van der Waals surface area contributed by atoms with E-state index in [-0.39, 0.29) is 16.0 Å². The van der Waals surface area contributed by atoms with Crippen LogP contribution in [0.15, 0.2) is 53.1 Å². The highest BCUT2D eigenvalue weighted by molar-refractivity contribution is 7.19. The first-order valence-electron chi connectivity index (χ1n) is 15.3. The highest BCUT2D eigenvalue weighted by atomic mass is 32.1. The Bertz CT molecular complexity index is 1520. The SMILES string of the molecule is Cc1ccc2sc(CC3=C(OCc4cccs4)[C@@H](O[Si](C)(C)C(C)(C)C)[C@H]4C[C@]3(O[Si](C)(C)C(C)(C)C)C(=O)O4)cc2c1. The van der Waals surface area contributed by atoms with E-state index in [0.717, 1.165) is 16.2 Å². The first-order valence-corrected chi connectivity index (χ1v) is 22.8. The zero-order valence-electron chi connectivity index (χ0n) is 27.7. The summed E-state index contributed by atoms with van der Waals surface area (Å²) < 4.78 is 28.7. The molecule has 1 aliphatic heterocycles. The normalized spacial score (nSPS) is 23.3. The van der Waals surface area contributed by atoms with Gasteiger partial charge in [0.15, 0.2) is 22.2 Å². The molecule has 1 saturated heterocycles. The largest absolute Gasteiger partial charge is 0.489 e. The number of fused-ring (bicyclic) bond motifs is 3. The zero-order valence-corrected chi connectivity index (χ0v) is 31.3. The average molecular weight is 657 g/mol. The summed E-state index contributed by atoms with van der Waals surface area (Å²) in [7, 11) is -4.70. The van der Waals surface area contributed by atoms with Crippen LogP contribution in [0.1, 0.15) is 63.3 Å². The highest BCUT2D eigenvalue weighted by Gasteiger charge is 2.64. The van der Waals surface area contributed by atoms with Crippen LogP contribution in [0.4, 0.5) is 0 Å². The number of esters is 1. The van der Waals surface area contributed by atoms with Crippen LogP contribution in [-0.2, 0) is 36.1 Å². The summed E-state index contributed by atoms with van der Waals surface area (Å²) in [6, 6.07) is 13.0. The molecule has 1 aliphatic carbocycles. The predicted molar refractivity (Wildman–Crippen MR) is 184 cm³/mol. The van der Waals surface area contributed by atoms with Gasteiger partial charge in [-0.1, -0.05) is 65.3 Å². The van der Waals surface area contributed by atoms with Crippen molar-refractivity contribution in [1.29, 1.82) is 0 Å². The number of ether oxygens (including phenoxy) is 2. The van der Waals surface area contributed by atoms with Crippen LogP contribution in [0, 0.1) is 6.92 Å². The van der Waals surface area contributed by atoms with Gasteiger partial charge in [-0.2, -0.15) is 0 Å². The van der Waals surface area contributed by atoms with E-state index in [0.29, 0.717) is 19.4 Å². The van der Waals surface area contributed by atoms with Crippen molar-refractivity contribution >= 4 is 55.4 Å². The molecule has 3 atom stereocenters. The summed E-state index contributed by atoms with van der Waals surface area (Å²) in [5.41, 5.74) is 0.911. The first kappa shape index (κ1) is 32.6.